The zero-order chi connectivity index (χ0) is 17.9. The molecule has 130 valence electrons. The van der Waals surface area contributed by atoms with Crippen LogP contribution >= 0.6 is 0 Å². The highest BCUT2D eigenvalue weighted by molar-refractivity contribution is 5.92. The van der Waals surface area contributed by atoms with Crippen LogP contribution in [0.4, 0.5) is 5.82 Å². The Balaban J connectivity index is 1.43. The quantitative estimate of drug-likeness (QED) is 0.703. The fraction of sp³-hybridized carbons (Fsp3) is 0.222. The topological polar surface area (TPSA) is 103 Å². The number of carbonyl (C=O) groups excluding carboxylic acids is 1. The van der Waals surface area contributed by atoms with Crippen LogP contribution in [0.25, 0.3) is 16.8 Å². The Bertz CT molecular complexity index is 937. The largest absolute Gasteiger partial charge is 0.310 e. The van der Waals surface area contributed by atoms with Gasteiger partial charge >= 0.3 is 0 Å². The van der Waals surface area contributed by atoms with E-state index in [1.807, 2.05) is 35.0 Å². The predicted molar refractivity (Wildman–Crippen MR) is 95.1 cm³/mol. The van der Waals surface area contributed by atoms with E-state index in [1.165, 1.54) is 0 Å². The fourth-order valence-electron chi connectivity index (χ4n) is 3.06. The third kappa shape index (κ3) is 3.15. The van der Waals surface area contributed by atoms with Gasteiger partial charge in [-0.05, 0) is 24.1 Å². The molecular weight excluding hydrogens is 330 g/mol. The molecule has 1 aromatic carbocycles. The summed E-state index contributed by atoms with van der Waals surface area (Å²) in [6, 6.07) is 7.98. The smallest absolute Gasteiger partial charge is 0.230 e. The number of rotatable bonds is 4. The first-order valence-electron chi connectivity index (χ1n) is 8.32. The molecule has 8 heteroatoms. The van der Waals surface area contributed by atoms with E-state index in [0.29, 0.717) is 25.3 Å². The molecule has 3 aromatic rings. The van der Waals surface area contributed by atoms with Gasteiger partial charge in [0.15, 0.2) is 12.0 Å². The van der Waals surface area contributed by atoms with Gasteiger partial charge in [0.05, 0.1) is 18.3 Å². The van der Waals surface area contributed by atoms with E-state index in [1.54, 1.807) is 23.6 Å². The van der Waals surface area contributed by atoms with Crippen molar-refractivity contribution in [3.8, 4) is 23.0 Å². The first-order chi connectivity index (χ1) is 12.7. The number of hydrogen-bond acceptors (Lipinski definition) is 5. The van der Waals surface area contributed by atoms with E-state index >= 15 is 0 Å². The van der Waals surface area contributed by atoms with Crippen LogP contribution < -0.4 is 5.32 Å². The SMILES string of the molecule is N#CN1CC[C@H](C(=O)Nc2cn(-c3ccc(-c4cn[nH]c4)cc3)cn2)C1. The second kappa shape index (κ2) is 6.72. The third-order valence-electron chi connectivity index (χ3n) is 4.53. The summed E-state index contributed by atoms with van der Waals surface area (Å²) in [6.07, 6.45) is 9.83. The molecule has 0 aliphatic carbocycles. The number of nitrogens with one attached hydrogen (secondary N) is 2. The average molecular weight is 347 g/mol. The summed E-state index contributed by atoms with van der Waals surface area (Å²) in [5, 5.41) is 18.5. The van der Waals surface area contributed by atoms with Crippen molar-refractivity contribution < 1.29 is 4.79 Å². The molecule has 0 spiro atoms. The van der Waals surface area contributed by atoms with Gasteiger partial charge in [-0.15, -0.1) is 0 Å². The Morgan fingerprint density at radius 2 is 2.15 bits per heavy atom. The van der Waals surface area contributed by atoms with Crippen LogP contribution in [0.1, 0.15) is 6.42 Å². The first-order valence-corrected chi connectivity index (χ1v) is 8.32. The maximum atomic E-state index is 12.3. The molecule has 1 fully saturated rings. The van der Waals surface area contributed by atoms with E-state index in [9.17, 15) is 4.79 Å². The van der Waals surface area contributed by atoms with Gasteiger partial charge in [-0.3, -0.25) is 9.89 Å². The number of benzene rings is 1. The summed E-state index contributed by atoms with van der Waals surface area (Å²) in [4.78, 5) is 18.1. The number of aromatic nitrogens is 4. The zero-order valence-electron chi connectivity index (χ0n) is 14.0. The fourth-order valence-corrected chi connectivity index (χ4v) is 3.06. The minimum atomic E-state index is -0.172. The maximum Gasteiger partial charge on any atom is 0.230 e. The molecule has 0 unspecified atom stereocenters. The summed E-state index contributed by atoms with van der Waals surface area (Å²) in [6.45, 7) is 1.10. The lowest BCUT2D eigenvalue weighted by Gasteiger charge is -2.08. The molecule has 0 saturated carbocycles. The van der Waals surface area contributed by atoms with Crippen LogP contribution in [-0.2, 0) is 4.79 Å². The standard InChI is InChI=1S/C18H17N7O/c19-11-24-6-5-14(9-24)18(26)23-17-10-25(12-20-17)16-3-1-13(2-4-16)15-7-21-22-8-15/h1-4,7-8,10,12,14H,5-6,9H2,(H,21,22)(H,23,26)/t14-/m0/s1. The molecule has 4 rings (SSSR count). The summed E-state index contributed by atoms with van der Waals surface area (Å²) in [5.41, 5.74) is 3.04. The Morgan fingerprint density at radius 3 is 2.85 bits per heavy atom. The number of likely N-dealkylation sites (tertiary alicyclic amines) is 1. The molecule has 0 bridgehead atoms. The molecular formula is C18H17N7O. The van der Waals surface area contributed by atoms with Gasteiger partial charge in [0.1, 0.15) is 6.33 Å². The number of amides is 1. The minimum Gasteiger partial charge on any atom is -0.310 e. The summed E-state index contributed by atoms with van der Waals surface area (Å²) in [7, 11) is 0. The number of nitrogens with zero attached hydrogens (tertiary/aromatic N) is 5. The van der Waals surface area contributed by atoms with Crippen molar-refractivity contribution >= 4 is 11.7 Å². The van der Waals surface area contributed by atoms with Gasteiger partial charge in [0.25, 0.3) is 0 Å². The van der Waals surface area contributed by atoms with Gasteiger partial charge in [0, 0.05) is 30.5 Å². The van der Waals surface area contributed by atoms with E-state index in [0.717, 1.165) is 16.8 Å². The highest BCUT2D eigenvalue weighted by atomic mass is 16.2. The molecule has 1 saturated heterocycles. The van der Waals surface area contributed by atoms with Crippen LogP contribution in [0.15, 0.2) is 49.2 Å². The highest BCUT2D eigenvalue weighted by Crippen LogP contribution is 2.21. The predicted octanol–water partition coefficient (Wildman–Crippen LogP) is 2.00. The molecule has 2 aromatic heterocycles. The van der Waals surface area contributed by atoms with Gasteiger partial charge in [-0.25, -0.2) is 4.98 Å². The van der Waals surface area contributed by atoms with Gasteiger partial charge in [0.2, 0.25) is 5.91 Å². The summed E-state index contributed by atoms with van der Waals surface area (Å²) >= 11 is 0. The molecule has 26 heavy (non-hydrogen) atoms. The number of hydrogen-bond donors (Lipinski definition) is 2. The van der Waals surface area contributed by atoms with Crippen molar-refractivity contribution in [1.82, 2.24) is 24.6 Å². The zero-order valence-corrected chi connectivity index (χ0v) is 14.0. The summed E-state index contributed by atoms with van der Waals surface area (Å²) < 4.78 is 1.85. The molecule has 1 atom stereocenters. The lowest BCUT2D eigenvalue weighted by molar-refractivity contribution is -0.119. The van der Waals surface area contributed by atoms with Gasteiger partial charge in [-0.2, -0.15) is 10.4 Å². The normalized spacial score (nSPS) is 16.4. The lowest BCUT2D eigenvalue weighted by Crippen LogP contribution is -2.25. The van der Waals surface area contributed by atoms with E-state index in [2.05, 4.69) is 26.7 Å². The molecule has 0 radical (unpaired) electrons. The van der Waals surface area contributed by atoms with Crippen molar-refractivity contribution in [1.29, 1.82) is 5.26 Å². The lowest BCUT2D eigenvalue weighted by atomic mass is 10.1. The number of nitriles is 1. The van der Waals surface area contributed by atoms with Gasteiger partial charge < -0.3 is 14.8 Å². The van der Waals surface area contributed by atoms with Crippen LogP contribution in [-0.4, -0.2) is 43.6 Å². The molecule has 2 N–H and O–H groups in total. The van der Waals surface area contributed by atoms with Crippen molar-refractivity contribution in [2.45, 2.75) is 6.42 Å². The first kappa shape index (κ1) is 15.9. The molecule has 1 aliphatic rings. The van der Waals surface area contributed by atoms with Crippen LogP contribution in [0.5, 0.6) is 0 Å². The van der Waals surface area contributed by atoms with Crippen LogP contribution in [0, 0.1) is 17.4 Å². The molecule has 8 nitrogen and oxygen atoms in total. The van der Waals surface area contributed by atoms with Crippen LogP contribution in [0.3, 0.4) is 0 Å². The number of aromatic amines is 1. The monoisotopic (exact) mass is 347 g/mol. The summed E-state index contributed by atoms with van der Waals surface area (Å²) in [5.74, 6) is 0.238. The van der Waals surface area contributed by atoms with E-state index < -0.39 is 0 Å². The number of anilines is 1. The minimum absolute atomic E-state index is 0.0942. The Morgan fingerprint density at radius 1 is 1.31 bits per heavy atom. The number of carbonyl (C=O) groups is 1. The highest BCUT2D eigenvalue weighted by Gasteiger charge is 2.28. The second-order valence-corrected chi connectivity index (χ2v) is 6.22. The van der Waals surface area contributed by atoms with Crippen LogP contribution in [0.2, 0.25) is 0 Å². The second-order valence-electron chi connectivity index (χ2n) is 6.22. The van der Waals surface area contributed by atoms with Crippen molar-refractivity contribution in [3.05, 3.63) is 49.2 Å². The number of H-pyrrole nitrogens is 1. The Labute approximate surface area is 150 Å². The van der Waals surface area contributed by atoms with E-state index in [-0.39, 0.29) is 11.8 Å². The maximum absolute atomic E-state index is 12.3. The van der Waals surface area contributed by atoms with Crippen molar-refractivity contribution in [2.24, 2.45) is 5.92 Å². The average Bonchev–Trinajstić information content (AvgIpc) is 3.42. The van der Waals surface area contributed by atoms with Crippen molar-refractivity contribution in [2.75, 3.05) is 18.4 Å². The van der Waals surface area contributed by atoms with Crippen molar-refractivity contribution in [3.63, 3.8) is 0 Å². The Hall–Kier alpha value is -3.60. The van der Waals surface area contributed by atoms with E-state index in [4.69, 9.17) is 5.26 Å². The van der Waals surface area contributed by atoms with Gasteiger partial charge in [-0.1, -0.05) is 12.1 Å². The molecule has 3 heterocycles. The molecule has 1 amide bonds. The third-order valence-corrected chi connectivity index (χ3v) is 4.53. The Kier molecular flexibility index (Phi) is 4.11. The molecule has 1 aliphatic heterocycles. The number of imidazole rings is 1.